The monoisotopic (exact) mass is 307 g/mol. The molecular formula is C14H18BrN3. The second-order valence-electron chi connectivity index (χ2n) is 4.48. The average molecular weight is 308 g/mol. The number of aryl methyl sites for hydroxylation is 1. The van der Waals surface area contributed by atoms with Crippen LogP contribution in [-0.4, -0.2) is 11.1 Å². The van der Waals surface area contributed by atoms with Gasteiger partial charge in [-0.15, -0.1) is 0 Å². The molecule has 18 heavy (non-hydrogen) atoms. The lowest BCUT2D eigenvalue weighted by molar-refractivity contribution is 0.728. The van der Waals surface area contributed by atoms with E-state index in [0.717, 1.165) is 21.4 Å². The van der Waals surface area contributed by atoms with Crippen molar-refractivity contribution in [1.82, 2.24) is 4.57 Å². The summed E-state index contributed by atoms with van der Waals surface area (Å²) in [5.41, 5.74) is 16.3. The van der Waals surface area contributed by atoms with E-state index in [1.807, 2.05) is 12.1 Å². The number of aromatic nitrogens is 1. The van der Waals surface area contributed by atoms with Gasteiger partial charge >= 0.3 is 0 Å². The smallest absolute Gasteiger partial charge is 0.0455 e. The zero-order valence-corrected chi connectivity index (χ0v) is 12.2. The van der Waals surface area contributed by atoms with Crippen LogP contribution in [0, 0.1) is 13.8 Å². The van der Waals surface area contributed by atoms with Crippen molar-refractivity contribution >= 4 is 15.9 Å². The minimum atomic E-state index is -0.0969. The molecule has 1 atom stereocenters. The first-order valence-electron chi connectivity index (χ1n) is 5.95. The molecule has 2 aromatic rings. The first-order valence-corrected chi connectivity index (χ1v) is 6.74. The quantitative estimate of drug-likeness (QED) is 0.916. The van der Waals surface area contributed by atoms with Crippen LogP contribution in [0.2, 0.25) is 0 Å². The van der Waals surface area contributed by atoms with Crippen LogP contribution in [0.3, 0.4) is 0 Å². The van der Waals surface area contributed by atoms with Crippen molar-refractivity contribution in [1.29, 1.82) is 0 Å². The van der Waals surface area contributed by atoms with E-state index in [1.54, 1.807) is 0 Å². The molecule has 0 fully saturated rings. The number of nitrogens with zero attached hydrogens (tertiary/aromatic N) is 1. The van der Waals surface area contributed by atoms with Crippen molar-refractivity contribution in [3.63, 3.8) is 0 Å². The standard InChI is InChI=1S/C14H18BrN3/c1-9-7-13(14(17)8-16)10(2)18(9)12-5-3-11(15)4-6-12/h3-7,14H,8,16-17H2,1-2H3. The average Bonchev–Trinajstić information content (AvgIpc) is 2.65. The second-order valence-corrected chi connectivity index (χ2v) is 5.40. The summed E-state index contributed by atoms with van der Waals surface area (Å²) in [5.74, 6) is 0. The van der Waals surface area contributed by atoms with Gasteiger partial charge in [-0.1, -0.05) is 15.9 Å². The third-order valence-electron chi connectivity index (χ3n) is 3.21. The summed E-state index contributed by atoms with van der Waals surface area (Å²) < 4.78 is 3.28. The van der Waals surface area contributed by atoms with Crippen molar-refractivity contribution in [2.24, 2.45) is 11.5 Å². The van der Waals surface area contributed by atoms with Gasteiger partial charge in [0, 0.05) is 34.1 Å². The van der Waals surface area contributed by atoms with Crippen molar-refractivity contribution in [2.75, 3.05) is 6.54 Å². The van der Waals surface area contributed by atoms with Crippen LogP contribution in [0.4, 0.5) is 0 Å². The number of rotatable bonds is 3. The maximum atomic E-state index is 6.03. The molecule has 4 N–H and O–H groups in total. The van der Waals surface area contributed by atoms with Crippen molar-refractivity contribution in [3.8, 4) is 5.69 Å². The van der Waals surface area contributed by atoms with Gasteiger partial charge in [-0.3, -0.25) is 0 Å². The van der Waals surface area contributed by atoms with E-state index >= 15 is 0 Å². The van der Waals surface area contributed by atoms with Crippen LogP contribution >= 0.6 is 15.9 Å². The molecule has 1 aromatic carbocycles. The summed E-state index contributed by atoms with van der Waals surface area (Å²) in [6, 6.07) is 10.3. The molecule has 0 radical (unpaired) electrons. The molecule has 2 rings (SSSR count). The molecule has 0 saturated heterocycles. The highest BCUT2D eigenvalue weighted by atomic mass is 79.9. The molecule has 1 aromatic heterocycles. The first kappa shape index (κ1) is 13.3. The Hall–Kier alpha value is -1.10. The number of nitrogens with two attached hydrogens (primary N) is 2. The minimum absolute atomic E-state index is 0.0969. The Bertz CT molecular complexity index is 543. The number of hydrogen-bond acceptors (Lipinski definition) is 2. The molecule has 0 amide bonds. The Morgan fingerprint density at radius 3 is 2.39 bits per heavy atom. The Balaban J connectivity index is 2.51. The molecule has 1 unspecified atom stereocenters. The normalized spacial score (nSPS) is 12.7. The fourth-order valence-corrected chi connectivity index (χ4v) is 2.54. The zero-order chi connectivity index (χ0) is 13.3. The van der Waals surface area contributed by atoms with Crippen LogP contribution in [0.5, 0.6) is 0 Å². The highest BCUT2D eigenvalue weighted by Gasteiger charge is 2.14. The SMILES string of the molecule is Cc1cc(C(N)CN)c(C)n1-c1ccc(Br)cc1. The predicted octanol–water partition coefficient (Wildman–Crippen LogP) is 2.82. The van der Waals surface area contributed by atoms with Crippen LogP contribution in [0.1, 0.15) is 23.0 Å². The molecule has 4 heteroatoms. The lowest BCUT2D eigenvalue weighted by Gasteiger charge is -2.12. The lowest BCUT2D eigenvalue weighted by atomic mass is 10.1. The number of hydrogen-bond donors (Lipinski definition) is 2. The largest absolute Gasteiger partial charge is 0.329 e. The molecule has 0 aliphatic heterocycles. The van der Waals surface area contributed by atoms with Crippen LogP contribution in [0.15, 0.2) is 34.8 Å². The van der Waals surface area contributed by atoms with E-state index in [-0.39, 0.29) is 6.04 Å². The Morgan fingerprint density at radius 1 is 1.22 bits per heavy atom. The van der Waals surface area contributed by atoms with Gasteiger partial charge in [0.2, 0.25) is 0 Å². The van der Waals surface area contributed by atoms with Gasteiger partial charge in [0.1, 0.15) is 0 Å². The number of halogens is 1. The Kier molecular flexibility index (Phi) is 3.90. The van der Waals surface area contributed by atoms with Gasteiger partial charge in [-0.25, -0.2) is 0 Å². The van der Waals surface area contributed by atoms with E-state index in [2.05, 4.69) is 52.5 Å². The summed E-state index contributed by atoms with van der Waals surface area (Å²) in [7, 11) is 0. The maximum Gasteiger partial charge on any atom is 0.0455 e. The maximum absolute atomic E-state index is 6.03. The Labute approximate surface area is 116 Å². The fraction of sp³-hybridized carbons (Fsp3) is 0.286. The van der Waals surface area contributed by atoms with E-state index in [9.17, 15) is 0 Å². The van der Waals surface area contributed by atoms with Gasteiger partial charge in [-0.2, -0.15) is 0 Å². The molecule has 1 heterocycles. The second kappa shape index (κ2) is 5.26. The molecule has 0 bridgehead atoms. The van der Waals surface area contributed by atoms with Crippen LogP contribution in [0.25, 0.3) is 5.69 Å². The highest BCUT2D eigenvalue weighted by molar-refractivity contribution is 9.10. The van der Waals surface area contributed by atoms with E-state index in [1.165, 1.54) is 5.69 Å². The minimum Gasteiger partial charge on any atom is -0.329 e. The van der Waals surface area contributed by atoms with Crippen molar-refractivity contribution in [3.05, 3.63) is 51.8 Å². The molecule has 0 aliphatic rings. The Morgan fingerprint density at radius 2 is 1.83 bits per heavy atom. The zero-order valence-electron chi connectivity index (χ0n) is 10.7. The molecular weight excluding hydrogens is 290 g/mol. The summed E-state index contributed by atoms with van der Waals surface area (Å²) in [5, 5.41) is 0. The van der Waals surface area contributed by atoms with E-state index in [4.69, 9.17) is 11.5 Å². The third kappa shape index (κ3) is 2.36. The van der Waals surface area contributed by atoms with Crippen molar-refractivity contribution < 1.29 is 0 Å². The van der Waals surface area contributed by atoms with Gasteiger partial charge in [0.25, 0.3) is 0 Å². The van der Waals surface area contributed by atoms with Gasteiger partial charge < -0.3 is 16.0 Å². The lowest BCUT2D eigenvalue weighted by Crippen LogP contribution is -2.21. The molecule has 0 saturated carbocycles. The van der Waals surface area contributed by atoms with Crippen molar-refractivity contribution in [2.45, 2.75) is 19.9 Å². The van der Waals surface area contributed by atoms with E-state index in [0.29, 0.717) is 6.54 Å². The molecule has 0 spiro atoms. The van der Waals surface area contributed by atoms with Gasteiger partial charge in [-0.05, 0) is 49.7 Å². The third-order valence-corrected chi connectivity index (χ3v) is 3.74. The summed E-state index contributed by atoms with van der Waals surface area (Å²) in [6.45, 7) is 4.63. The molecule has 96 valence electrons. The molecule has 3 nitrogen and oxygen atoms in total. The van der Waals surface area contributed by atoms with Crippen LogP contribution < -0.4 is 11.5 Å². The first-order chi connectivity index (χ1) is 8.54. The van der Waals surface area contributed by atoms with Crippen LogP contribution in [-0.2, 0) is 0 Å². The summed E-state index contributed by atoms with van der Waals surface area (Å²) in [6.07, 6.45) is 0. The summed E-state index contributed by atoms with van der Waals surface area (Å²) in [4.78, 5) is 0. The summed E-state index contributed by atoms with van der Waals surface area (Å²) >= 11 is 3.45. The molecule has 0 aliphatic carbocycles. The predicted molar refractivity (Wildman–Crippen MR) is 78.9 cm³/mol. The van der Waals surface area contributed by atoms with E-state index < -0.39 is 0 Å². The highest BCUT2D eigenvalue weighted by Crippen LogP contribution is 2.25. The fourth-order valence-electron chi connectivity index (χ4n) is 2.28. The number of benzene rings is 1. The topological polar surface area (TPSA) is 57.0 Å². The van der Waals surface area contributed by atoms with Gasteiger partial charge in [0.15, 0.2) is 0 Å². The van der Waals surface area contributed by atoms with Gasteiger partial charge in [0.05, 0.1) is 0 Å².